The van der Waals surface area contributed by atoms with E-state index in [1.165, 1.54) is 0 Å². The van der Waals surface area contributed by atoms with Gasteiger partial charge in [-0.25, -0.2) is 0 Å². The molecule has 2 atom stereocenters. The van der Waals surface area contributed by atoms with Crippen LogP contribution in [0.4, 0.5) is 0 Å². The van der Waals surface area contributed by atoms with Crippen LogP contribution >= 0.6 is 0 Å². The highest BCUT2D eigenvalue weighted by Crippen LogP contribution is 2.16. The van der Waals surface area contributed by atoms with E-state index in [0.29, 0.717) is 11.9 Å². The molecular formula is C12H23N3O. The summed E-state index contributed by atoms with van der Waals surface area (Å²) in [6, 6.07) is 0.495. The van der Waals surface area contributed by atoms with Gasteiger partial charge in [-0.2, -0.15) is 0 Å². The van der Waals surface area contributed by atoms with Gasteiger partial charge >= 0.3 is 0 Å². The minimum absolute atomic E-state index is 0.226. The third kappa shape index (κ3) is 2.55. The van der Waals surface area contributed by atoms with E-state index in [1.807, 2.05) is 0 Å². The van der Waals surface area contributed by atoms with Crippen molar-refractivity contribution in [2.45, 2.75) is 25.8 Å². The molecule has 1 N–H and O–H groups in total. The summed E-state index contributed by atoms with van der Waals surface area (Å²) in [4.78, 5) is 16.7. The molecule has 0 spiro atoms. The van der Waals surface area contributed by atoms with Gasteiger partial charge in [0, 0.05) is 32.2 Å². The Labute approximate surface area is 98.0 Å². The molecule has 0 saturated carbocycles. The first kappa shape index (κ1) is 11.9. The van der Waals surface area contributed by atoms with E-state index in [-0.39, 0.29) is 5.92 Å². The lowest BCUT2D eigenvalue weighted by Gasteiger charge is -2.39. The second-order valence-corrected chi connectivity index (χ2v) is 5.16. The van der Waals surface area contributed by atoms with Crippen LogP contribution in [-0.4, -0.2) is 61.5 Å². The Morgan fingerprint density at radius 2 is 2.19 bits per heavy atom. The largest absolute Gasteiger partial charge is 0.340 e. The number of amides is 1. The summed E-state index contributed by atoms with van der Waals surface area (Å²) in [5.74, 6) is 0.594. The fourth-order valence-corrected chi connectivity index (χ4v) is 2.57. The SMILES string of the molecule is CC1CN(C(=O)C2CCCNC2)CCN1C. The number of hydrogen-bond acceptors (Lipinski definition) is 3. The Morgan fingerprint density at radius 3 is 2.81 bits per heavy atom. The molecule has 4 heteroatoms. The highest BCUT2D eigenvalue weighted by Gasteiger charge is 2.29. The Balaban J connectivity index is 1.89. The molecule has 2 rings (SSSR count). The monoisotopic (exact) mass is 225 g/mol. The molecule has 1 amide bonds. The lowest BCUT2D eigenvalue weighted by Crippen LogP contribution is -2.54. The summed E-state index contributed by atoms with van der Waals surface area (Å²) < 4.78 is 0. The minimum atomic E-state index is 0.226. The van der Waals surface area contributed by atoms with Crippen LogP contribution in [0.25, 0.3) is 0 Å². The maximum Gasteiger partial charge on any atom is 0.227 e. The van der Waals surface area contributed by atoms with Crippen LogP contribution in [0.3, 0.4) is 0 Å². The first-order chi connectivity index (χ1) is 7.68. The van der Waals surface area contributed by atoms with Crippen molar-refractivity contribution < 1.29 is 4.79 Å². The molecule has 2 unspecified atom stereocenters. The predicted octanol–water partition coefficient (Wildman–Crippen LogP) is 0.149. The van der Waals surface area contributed by atoms with E-state index in [1.54, 1.807) is 0 Å². The second kappa shape index (κ2) is 5.15. The van der Waals surface area contributed by atoms with Crippen LogP contribution in [-0.2, 0) is 4.79 Å². The quantitative estimate of drug-likeness (QED) is 0.690. The molecule has 2 heterocycles. The molecule has 4 nitrogen and oxygen atoms in total. The molecule has 0 bridgehead atoms. The first-order valence-electron chi connectivity index (χ1n) is 6.38. The number of nitrogens with zero attached hydrogens (tertiary/aromatic N) is 2. The van der Waals surface area contributed by atoms with Crippen LogP contribution in [0.15, 0.2) is 0 Å². The topological polar surface area (TPSA) is 35.6 Å². The molecule has 16 heavy (non-hydrogen) atoms. The van der Waals surface area contributed by atoms with Crippen LogP contribution in [0.5, 0.6) is 0 Å². The Morgan fingerprint density at radius 1 is 1.38 bits per heavy atom. The number of hydrogen-bond donors (Lipinski definition) is 1. The second-order valence-electron chi connectivity index (χ2n) is 5.16. The highest BCUT2D eigenvalue weighted by atomic mass is 16.2. The summed E-state index contributed by atoms with van der Waals surface area (Å²) in [7, 11) is 2.13. The van der Waals surface area contributed by atoms with Gasteiger partial charge in [-0.1, -0.05) is 0 Å². The lowest BCUT2D eigenvalue weighted by atomic mass is 9.97. The van der Waals surface area contributed by atoms with Crippen molar-refractivity contribution in [2.75, 3.05) is 39.8 Å². The fraction of sp³-hybridized carbons (Fsp3) is 0.917. The van der Waals surface area contributed by atoms with Gasteiger partial charge in [-0.05, 0) is 33.4 Å². The van der Waals surface area contributed by atoms with Gasteiger partial charge in [0.2, 0.25) is 5.91 Å². The smallest absolute Gasteiger partial charge is 0.227 e. The summed E-state index contributed by atoms with van der Waals surface area (Å²) in [6.45, 7) is 6.94. The van der Waals surface area contributed by atoms with Crippen molar-refractivity contribution in [3.05, 3.63) is 0 Å². The summed E-state index contributed by atoms with van der Waals surface area (Å²) in [5, 5.41) is 3.32. The van der Waals surface area contributed by atoms with Gasteiger partial charge in [0.15, 0.2) is 0 Å². The lowest BCUT2D eigenvalue weighted by molar-refractivity contribution is -0.138. The number of piperazine rings is 1. The van der Waals surface area contributed by atoms with E-state index in [0.717, 1.165) is 45.6 Å². The van der Waals surface area contributed by atoms with Crippen LogP contribution < -0.4 is 5.32 Å². The Bertz CT molecular complexity index is 251. The molecule has 2 aliphatic heterocycles. The standard InChI is InChI=1S/C12H23N3O/c1-10-9-15(7-6-14(10)2)12(16)11-4-3-5-13-8-11/h10-11,13H,3-9H2,1-2H3. The van der Waals surface area contributed by atoms with E-state index < -0.39 is 0 Å². The molecule has 0 aromatic rings. The number of nitrogens with one attached hydrogen (secondary N) is 1. The normalized spacial score (nSPS) is 32.8. The minimum Gasteiger partial charge on any atom is -0.340 e. The van der Waals surface area contributed by atoms with E-state index in [4.69, 9.17) is 0 Å². The molecule has 0 radical (unpaired) electrons. The van der Waals surface area contributed by atoms with Crippen LogP contribution in [0.2, 0.25) is 0 Å². The maximum atomic E-state index is 12.3. The fourth-order valence-electron chi connectivity index (χ4n) is 2.57. The van der Waals surface area contributed by atoms with Gasteiger partial charge in [0.1, 0.15) is 0 Å². The molecule has 2 aliphatic rings. The zero-order chi connectivity index (χ0) is 11.5. The van der Waals surface area contributed by atoms with Crippen molar-refractivity contribution in [1.29, 1.82) is 0 Å². The first-order valence-corrected chi connectivity index (χ1v) is 6.38. The average molecular weight is 225 g/mol. The number of piperidine rings is 1. The summed E-state index contributed by atoms with van der Waals surface area (Å²) >= 11 is 0. The highest BCUT2D eigenvalue weighted by molar-refractivity contribution is 5.79. The van der Waals surface area contributed by atoms with Gasteiger partial charge in [0.05, 0.1) is 5.92 Å². The molecule has 0 aromatic carbocycles. The van der Waals surface area contributed by atoms with Crippen molar-refractivity contribution >= 4 is 5.91 Å². The third-order valence-electron chi connectivity index (χ3n) is 3.92. The third-order valence-corrected chi connectivity index (χ3v) is 3.92. The van der Waals surface area contributed by atoms with Gasteiger partial charge in [-0.3, -0.25) is 4.79 Å². The van der Waals surface area contributed by atoms with E-state index in [9.17, 15) is 4.79 Å². The van der Waals surface area contributed by atoms with Crippen molar-refractivity contribution in [3.63, 3.8) is 0 Å². The van der Waals surface area contributed by atoms with Gasteiger partial charge in [-0.15, -0.1) is 0 Å². The summed E-state index contributed by atoms with van der Waals surface area (Å²) in [5.41, 5.74) is 0. The van der Waals surface area contributed by atoms with Crippen LogP contribution in [0.1, 0.15) is 19.8 Å². The molecular weight excluding hydrogens is 202 g/mol. The molecule has 0 aliphatic carbocycles. The molecule has 92 valence electrons. The van der Waals surface area contributed by atoms with Crippen molar-refractivity contribution in [1.82, 2.24) is 15.1 Å². The van der Waals surface area contributed by atoms with Crippen LogP contribution in [0, 0.1) is 5.92 Å². The maximum absolute atomic E-state index is 12.3. The van der Waals surface area contributed by atoms with Crippen molar-refractivity contribution in [3.8, 4) is 0 Å². The number of likely N-dealkylation sites (N-methyl/N-ethyl adjacent to an activating group) is 1. The van der Waals surface area contributed by atoms with E-state index >= 15 is 0 Å². The number of carbonyl (C=O) groups is 1. The zero-order valence-electron chi connectivity index (χ0n) is 10.4. The molecule has 2 fully saturated rings. The average Bonchev–Trinajstić information content (AvgIpc) is 2.33. The Kier molecular flexibility index (Phi) is 3.82. The number of rotatable bonds is 1. The Hall–Kier alpha value is -0.610. The van der Waals surface area contributed by atoms with Gasteiger partial charge in [0.25, 0.3) is 0 Å². The van der Waals surface area contributed by atoms with Crippen molar-refractivity contribution in [2.24, 2.45) is 5.92 Å². The number of carbonyl (C=O) groups excluding carboxylic acids is 1. The molecule has 2 saturated heterocycles. The van der Waals surface area contributed by atoms with E-state index in [2.05, 4.69) is 29.1 Å². The van der Waals surface area contributed by atoms with Gasteiger partial charge < -0.3 is 15.1 Å². The predicted molar refractivity (Wildman–Crippen MR) is 64.3 cm³/mol. The molecule has 0 aromatic heterocycles. The zero-order valence-corrected chi connectivity index (χ0v) is 10.4. The summed E-state index contributed by atoms with van der Waals surface area (Å²) in [6.07, 6.45) is 2.20.